The molecule has 1 N–H and O–H groups in total. The highest BCUT2D eigenvalue weighted by Gasteiger charge is 2.30. The topological polar surface area (TPSA) is 65.4 Å². The number of benzene rings is 2. The molecule has 1 amide bonds. The first kappa shape index (κ1) is 21.2. The number of ether oxygens (including phenoxy) is 1. The highest BCUT2D eigenvalue weighted by molar-refractivity contribution is 6.09. The van der Waals surface area contributed by atoms with Gasteiger partial charge in [0.15, 0.2) is 0 Å². The average molecular weight is 402 g/mol. The van der Waals surface area contributed by atoms with Crippen molar-refractivity contribution in [2.24, 2.45) is 0 Å². The van der Waals surface area contributed by atoms with Crippen LogP contribution in [0.3, 0.4) is 0 Å². The van der Waals surface area contributed by atoms with Crippen LogP contribution in [-0.2, 0) is 4.79 Å². The highest BCUT2D eigenvalue weighted by atomic mass is 16.5. The molecule has 0 spiro atoms. The van der Waals surface area contributed by atoms with Crippen molar-refractivity contribution in [3.63, 3.8) is 0 Å². The van der Waals surface area contributed by atoms with E-state index in [0.717, 1.165) is 17.7 Å². The van der Waals surface area contributed by atoms with Gasteiger partial charge in [0.25, 0.3) is 5.91 Å². The van der Waals surface area contributed by atoms with E-state index in [1.165, 1.54) is 11.3 Å². The van der Waals surface area contributed by atoms with Crippen molar-refractivity contribution in [1.82, 2.24) is 0 Å². The minimum absolute atomic E-state index is 0.0443. The van der Waals surface area contributed by atoms with E-state index in [1.54, 1.807) is 37.5 Å². The van der Waals surface area contributed by atoms with Gasteiger partial charge in [-0.3, -0.25) is 4.79 Å². The minimum Gasteiger partial charge on any atom is -0.497 e. The quantitative estimate of drug-likeness (QED) is 0.548. The van der Waals surface area contributed by atoms with Crippen LogP contribution in [0.2, 0.25) is 0 Å². The number of methoxy groups -OCH3 is 1. The molecule has 154 valence electrons. The third-order valence-electron chi connectivity index (χ3n) is 5.32. The van der Waals surface area contributed by atoms with Gasteiger partial charge in [-0.15, -0.1) is 0 Å². The molecule has 1 aliphatic rings. The van der Waals surface area contributed by atoms with Crippen molar-refractivity contribution in [2.45, 2.75) is 33.2 Å². The van der Waals surface area contributed by atoms with Crippen LogP contribution in [0.25, 0.3) is 11.6 Å². The Labute approximate surface area is 178 Å². The maximum atomic E-state index is 12.6. The predicted octanol–water partition coefficient (Wildman–Crippen LogP) is 5.26. The fourth-order valence-electron chi connectivity index (χ4n) is 3.98. The molecule has 1 aliphatic heterocycles. The number of rotatable bonds is 5. The molecule has 1 heterocycles. The first-order chi connectivity index (χ1) is 14.3. The summed E-state index contributed by atoms with van der Waals surface area (Å²) in [5.74, 6) is 0.183. The van der Waals surface area contributed by atoms with E-state index in [-0.39, 0.29) is 11.1 Å². The van der Waals surface area contributed by atoms with Gasteiger partial charge < -0.3 is 15.0 Å². The van der Waals surface area contributed by atoms with Crippen LogP contribution in [0, 0.1) is 11.3 Å². The molecule has 2 aromatic carbocycles. The van der Waals surface area contributed by atoms with Crippen LogP contribution in [0.1, 0.15) is 38.8 Å². The van der Waals surface area contributed by atoms with Crippen LogP contribution in [0.4, 0.5) is 11.4 Å². The van der Waals surface area contributed by atoms with Crippen LogP contribution in [0.5, 0.6) is 5.75 Å². The van der Waals surface area contributed by atoms with E-state index in [1.807, 2.05) is 18.2 Å². The molecule has 0 unspecified atom stereocenters. The number of hydrogen-bond donors (Lipinski definition) is 1. The summed E-state index contributed by atoms with van der Waals surface area (Å²) in [6, 6.07) is 15.1. The SMILES string of the molecule is CCN1c2ccc(/C=C(\C#N)C(=O)Nc3cccc(OC)c3)cc2C(C)=CC1(C)C. The second-order valence-corrected chi connectivity index (χ2v) is 7.86. The number of carbonyl (C=O) groups excluding carboxylic acids is 1. The molecular weight excluding hydrogens is 374 g/mol. The molecule has 0 atom stereocenters. The lowest BCUT2D eigenvalue weighted by molar-refractivity contribution is -0.112. The van der Waals surface area contributed by atoms with E-state index in [2.05, 4.69) is 50.1 Å². The zero-order valence-corrected chi connectivity index (χ0v) is 18.1. The molecule has 5 heteroatoms. The van der Waals surface area contributed by atoms with Crippen molar-refractivity contribution < 1.29 is 9.53 Å². The Hall–Kier alpha value is -3.52. The normalized spacial score (nSPS) is 15.0. The number of nitriles is 1. The Morgan fingerprint density at radius 1 is 1.27 bits per heavy atom. The maximum Gasteiger partial charge on any atom is 0.266 e. The highest BCUT2D eigenvalue weighted by Crippen LogP contribution is 2.39. The van der Waals surface area contributed by atoms with Gasteiger partial charge in [-0.25, -0.2) is 0 Å². The number of fused-ring (bicyclic) bond motifs is 1. The van der Waals surface area contributed by atoms with E-state index in [9.17, 15) is 10.1 Å². The van der Waals surface area contributed by atoms with Gasteiger partial charge in [0.05, 0.1) is 12.6 Å². The standard InChI is InChI=1S/C25H27N3O2/c1-6-28-23-11-10-18(13-22(23)17(2)15-25(28,3)4)12-19(16-26)24(29)27-20-8-7-9-21(14-20)30-5/h7-15H,6H2,1-5H3,(H,27,29)/b19-12+. The Bertz CT molecular complexity index is 1070. The monoisotopic (exact) mass is 401 g/mol. The summed E-state index contributed by atoms with van der Waals surface area (Å²) in [5.41, 5.74) is 4.85. The Balaban J connectivity index is 1.91. The minimum atomic E-state index is -0.452. The summed E-state index contributed by atoms with van der Waals surface area (Å²) in [6.07, 6.45) is 3.88. The van der Waals surface area contributed by atoms with Gasteiger partial charge >= 0.3 is 0 Å². The number of anilines is 2. The van der Waals surface area contributed by atoms with E-state index >= 15 is 0 Å². The molecule has 0 fully saturated rings. The van der Waals surface area contributed by atoms with Gasteiger partial charge in [-0.1, -0.05) is 18.2 Å². The number of amides is 1. The predicted molar refractivity (Wildman–Crippen MR) is 122 cm³/mol. The summed E-state index contributed by atoms with van der Waals surface area (Å²) in [6.45, 7) is 9.54. The third kappa shape index (κ3) is 4.23. The molecule has 0 saturated heterocycles. The molecule has 5 nitrogen and oxygen atoms in total. The molecule has 0 aromatic heterocycles. The summed E-state index contributed by atoms with van der Waals surface area (Å²) < 4.78 is 5.17. The van der Waals surface area contributed by atoms with Gasteiger partial charge in [0.2, 0.25) is 0 Å². The summed E-state index contributed by atoms with van der Waals surface area (Å²) in [7, 11) is 1.56. The fourth-order valence-corrected chi connectivity index (χ4v) is 3.98. The molecular formula is C25H27N3O2. The van der Waals surface area contributed by atoms with E-state index in [4.69, 9.17) is 4.74 Å². The molecule has 0 bridgehead atoms. The van der Waals surface area contributed by atoms with Crippen molar-refractivity contribution in [3.8, 4) is 11.8 Å². The fraction of sp³-hybridized carbons (Fsp3) is 0.280. The Morgan fingerprint density at radius 3 is 2.70 bits per heavy atom. The first-order valence-electron chi connectivity index (χ1n) is 9.97. The molecule has 0 aliphatic carbocycles. The second kappa shape index (κ2) is 8.46. The molecule has 30 heavy (non-hydrogen) atoms. The number of nitrogens with one attached hydrogen (secondary N) is 1. The molecule has 0 radical (unpaired) electrons. The lowest BCUT2D eigenvalue weighted by Crippen LogP contribution is -2.44. The lowest BCUT2D eigenvalue weighted by Gasteiger charge is -2.42. The van der Waals surface area contributed by atoms with Gasteiger partial charge in [-0.05, 0) is 69.2 Å². The number of hydrogen-bond acceptors (Lipinski definition) is 4. The van der Waals surface area contributed by atoms with E-state index in [0.29, 0.717) is 11.4 Å². The number of carbonyl (C=O) groups is 1. The summed E-state index contributed by atoms with van der Waals surface area (Å²) in [5, 5.41) is 12.3. The Morgan fingerprint density at radius 2 is 2.03 bits per heavy atom. The van der Waals surface area contributed by atoms with E-state index < -0.39 is 5.91 Å². The zero-order chi connectivity index (χ0) is 21.9. The second-order valence-electron chi connectivity index (χ2n) is 7.86. The van der Waals surface area contributed by atoms with Crippen molar-refractivity contribution >= 4 is 28.9 Å². The van der Waals surface area contributed by atoms with Gasteiger partial charge in [0.1, 0.15) is 17.4 Å². The van der Waals surface area contributed by atoms with Crippen molar-refractivity contribution in [2.75, 3.05) is 23.9 Å². The summed E-state index contributed by atoms with van der Waals surface area (Å²) >= 11 is 0. The van der Waals surface area contributed by atoms with Crippen molar-refractivity contribution in [1.29, 1.82) is 5.26 Å². The maximum absolute atomic E-state index is 12.6. The third-order valence-corrected chi connectivity index (χ3v) is 5.32. The smallest absolute Gasteiger partial charge is 0.266 e. The summed E-state index contributed by atoms with van der Waals surface area (Å²) in [4.78, 5) is 15.0. The molecule has 0 saturated carbocycles. The Kier molecular flexibility index (Phi) is 5.98. The number of likely N-dealkylation sites (N-methyl/N-ethyl adjacent to an activating group) is 1. The zero-order valence-electron chi connectivity index (χ0n) is 18.1. The average Bonchev–Trinajstić information content (AvgIpc) is 2.72. The van der Waals surface area contributed by atoms with Crippen LogP contribution in [0.15, 0.2) is 54.1 Å². The number of nitrogens with zero attached hydrogens (tertiary/aromatic N) is 2. The van der Waals surface area contributed by atoms with Crippen LogP contribution < -0.4 is 15.0 Å². The van der Waals surface area contributed by atoms with Crippen molar-refractivity contribution in [3.05, 3.63) is 65.2 Å². The largest absolute Gasteiger partial charge is 0.497 e. The first-order valence-corrected chi connectivity index (χ1v) is 9.97. The van der Waals surface area contributed by atoms with Gasteiger partial charge in [0, 0.05) is 29.5 Å². The molecule has 3 rings (SSSR count). The van der Waals surface area contributed by atoms with Crippen LogP contribution >= 0.6 is 0 Å². The van der Waals surface area contributed by atoms with Gasteiger partial charge in [-0.2, -0.15) is 5.26 Å². The molecule has 2 aromatic rings. The lowest BCUT2D eigenvalue weighted by atomic mass is 9.88. The van der Waals surface area contributed by atoms with Crippen LogP contribution in [-0.4, -0.2) is 25.1 Å². The number of allylic oxidation sites excluding steroid dienone is 1.